The third-order valence-electron chi connectivity index (χ3n) is 5.53. The van der Waals surface area contributed by atoms with Crippen LogP contribution in [0.25, 0.3) is 0 Å². The Hall–Kier alpha value is -2.64. The van der Waals surface area contributed by atoms with Crippen LogP contribution in [0.5, 0.6) is 0 Å². The molecule has 2 aliphatic heterocycles. The molecule has 8 heteroatoms. The fraction of sp³-hybridized carbons (Fsp3) is 0.480. The molecule has 0 saturated carbocycles. The van der Waals surface area contributed by atoms with Gasteiger partial charge in [-0.3, -0.25) is 4.79 Å². The van der Waals surface area contributed by atoms with E-state index in [2.05, 4.69) is 11.2 Å². The summed E-state index contributed by atoms with van der Waals surface area (Å²) in [5, 5.41) is 4.74. The highest BCUT2D eigenvalue weighted by Crippen LogP contribution is 2.29. The lowest BCUT2D eigenvalue weighted by Crippen LogP contribution is -2.42. The zero-order valence-electron chi connectivity index (χ0n) is 19.3. The van der Waals surface area contributed by atoms with E-state index in [1.54, 1.807) is 4.90 Å². The van der Waals surface area contributed by atoms with Crippen molar-refractivity contribution in [1.82, 2.24) is 4.90 Å². The number of allylic oxidation sites excluding steroid dienone is 3. The van der Waals surface area contributed by atoms with E-state index >= 15 is 0 Å². The van der Waals surface area contributed by atoms with E-state index in [1.807, 2.05) is 38.1 Å². The summed E-state index contributed by atoms with van der Waals surface area (Å²) >= 11 is 6.64. The van der Waals surface area contributed by atoms with Gasteiger partial charge in [0.25, 0.3) is 5.91 Å². The van der Waals surface area contributed by atoms with Crippen molar-refractivity contribution in [1.29, 1.82) is 0 Å². The topological polar surface area (TPSA) is 77.4 Å². The third-order valence-corrected chi connectivity index (χ3v) is 6.06. The summed E-state index contributed by atoms with van der Waals surface area (Å²) < 4.78 is 10.8. The Balaban J connectivity index is 1.86. The summed E-state index contributed by atoms with van der Waals surface area (Å²) in [6, 6.07) is 1.88. The van der Waals surface area contributed by atoms with Gasteiger partial charge in [0.05, 0.1) is 31.1 Å². The van der Waals surface area contributed by atoms with Gasteiger partial charge < -0.3 is 19.2 Å². The number of amides is 1. The highest BCUT2D eigenvalue weighted by molar-refractivity contribution is 6.33. The summed E-state index contributed by atoms with van der Waals surface area (Å²) in [4.78, 5) is 32.4. The van der Waals surface area contributed by atoms with Crippen LogP contribution in [0.2, 0.25) is 5.02 Å². The van der Waals surface area contributed by atoms with E-state index in [0.717, 1.165) is 24.0 Å². The molecule has 1 saturated heterocycles. The maximum absolute atomic E-state index is 12.9. The van der Waals surface area contributed by atoms with Crippen LogP contribution in [0, 0.1) is 13.8 Å². The molecule has 2 heterocycles. The van der Waals surface area contributed by atoms with Gasteiger partial charge in [-0.05, 0) is 55.9 Å². The van der Waals surface area contributed by atoms with Crippen LogP contribution in [-0.4, -0.2) is 62.0 Å². The highest BCUT2D eigenvalue weighted by atomic mass is 35.5. The lowest BCUT2D eigenvalue weighted by Gasteiger charge is -2.26. The number of cyclic esters (lactones) is 1. The Morgan fingerprint density at radius 2 is 1.82 bits per heavy atom. The number of esters is 1. The molecule has 1 aromatic rings. The molecule has 0 N–H and O–H groups in total. The molecule has 0 atom stereocenters. The van der Waals surface area contributed by atoms with E-state index < -0.39 is 5.97 Å². The molecule has 178 valence electrons. The number of halogens is 1. The Bertz CT molecular complexity index is 949. The molecule has 1 fully saturated rings. The first-order chi connectivity index (χ1) is 16.0. The minimum atomic E-state index is -0.401. The second kappa shape index (κ2) is 12.6. The Labute approximate surface area is 200 Å². The number of rotatable bonds is 3. The summed E-state index contributed by atoms with van der Waals surface area (Å²) in [7, 11) is 0. The smallest absolute Gasteiger partial charge is 0.338 e. The summed E-state index contributed by atoms with van der Waals surface area (Å²) in [5.41, 5.74) is 3.35. The van der Waals surface area contributed by atoms with E-state index in [1.165, 1.54) is 0 Å². The van der Waals surface area contributed by atoms with Gasteiger partial charge in [-0.2, -0.15) is 0 Å². The van der Waals surface area contributed by atoms with Crippen molar-refractivity contribution < 1.29 is 23.9 Å². The Morgan fingerprint density at radius 3 is 2.61 bits per heavy atom. The van der Waals surface area contributed by atoms with Gasteiger partial charge in [-0.25, -0.2) is 4.79 Å². The normalized spacial score (nSPS) is 21.0. The maximum Gasteiger partial charge on any atom is 0.338 e. The number of morpholine rings is 1. The first kappa shape index (κ1) is 25.0. The van der Waals surface area contributed by atoms with Gasteiger partial charge in [0.1, 0.15) is 0 Å². The monoisotopic (exact) mass is 474 g/mol. The lowest BCUT2D eigenvalue weighted by atomic mass is 9.94. The van der Waals surface area contributed by atoms with E-state index in [4.69, 9.17) is 25.9 Å². The molecule has 0 aliphatic carbocycles. The molecule has 1 aromatic carbocycles. The lowest BCUT2D eigenvalue weighted by molar-refractivity contribution is -0.140. The Morgan fingerprint density at radius 1 is 1.09 bits per heavy atom. The standard InChI is InChI=1S/C25H31ClN2O5/c1-18-15-19(2)24(26)21-16-20(27-33-17-22(29)28-10-13-31-14-11-28)9-7-5-3-4-6-8-12-32-25(30)23(18)21/h4,6-7,9,15H,3,5,8,10-14,16-17H2,1-2H3/b6-4+,9-7+,27-20-. The van der Waals surface area contributed by atoms with Crippen LogP contribution in [0.1, 0.15) is 46.3 Å². The molecule has 0 radical (unpaired) electrons. The number of ether oxygens (including phenoxy) is 2. The number of carbonyl (C=O) groups is 2. The van der Waals surface area contributed by atoms with Crippen LogP contribution < -0.4 is 0 Å². The third kappa shape index (κ3) is 7.17. The molecule has 0 unspecified atom stereocenters. The Kier molecular flexibility index (Phi) is 9.51. The van der Waals surface area contributed by atoms with Crippen molar-refractivity contribution in [2.24, 2.45) is 5.16 Å². The van der Waals surface area contributed by atoms with Gasteiger partial charge in [-0.15, -0.1) is 0 Å². The molecule has 0 bridgehead atoms. The summed E-state index contributed by atoms with van der Waals surface area (Å²) in [5.74, 6) is -0.534. The molecule has 2 aliphatic rings. The van der Waals surface area contributed by atoms with Crippen LogP contribution in [0.15, 0.2) is 35.5 Å². The minimum Gasteiger partial charge on any atom is -0.462 e. The SMILES string of the molecule is Cc1cc(C)c2c(c1Cl)CC(=N\OCC(=O)N1CCOCC1)/C=C/CC/C=C/CCOC2=O. The number of nitrogens with zero attached hydrogens (tertiary/aromatic N) is 2. The van der Waals surface area contributed by atoms with E-state index in [9.17, 15) is 9.59 Å². The number of fused-ring (bicyclic) bond motifs is 1. The molecule has 3 rings (SSSR count). The molecular formula is C25H31ClN2O5. The second-order valence-electron chi connectivity index (χ2n) is 8.08. The molecule has 0 spiro atoms. The highest BCUT2D eigenvalue weighted by Gasteiger charge is 2.22. The van der Waals surface area contributed by atoms with Crippen LogP contribution in [0.3, 0.4) is 0 Å². The van der Waals surface area contributed by atoms with Gasteiger partial charge in [0.2, 0.25) is 0 Å². The molecule has 0 aromatic heterocycles. The number of benzene rings is 1. The fourth-order valence-corrected chi connectivity index (χ4v) is 4.03. The average Bonchev–Trinajstić information content (AvgIpc) is 2.80. The predicted octanol–water partition coefficient (Wildman–Crippen LogP) is 4.18. The molecule has 1 amide bonds. The number of carbonyl (C=O) groups excluding carboxylic acids is 2. The van der Waals surface area contributed by atoms with Crippen molar-refractivity contribution in [3.05, 3.63) is 57.6 Å². The van der Waals surface area contributed by atoms with Crippen molar-refractivity contribution in [2.75, 3.05) is 39.5 Å². The molecule has 7 nitrogen and oxygen atoms in total. The number of hydrogen-bond donors (Lipinski definition) is 0. The van der Waals surface area contributed by atoms with Crippen molar-refractivity contribution in [2.45, 2.75) is 39.5 Å². The van der Waals surface area contributed by atoms with Crippen molar-refractivity contribution in [3.8, 4) is 0 Å². The van der Waals surface area contributed by atoms with E-state index in [0.29, 0.717) is 61.2 Å². The summed E-state index contributed by atoms with van der Waals surface area (Å²) in [6.07, 6.45) is 10.6. The van der Waals surface area contributed by atoms with Gasteiger partial charge in [0, 0.05) is 24.5 Å². The quantitative estimate of drug-likeness (QED) is 0.373. The van der Waals surface area contributed by atoms with Gasteiger partial charge in [-0.1, -0.05) is 41.1 Å². The first-order valence-corrected chi connectivity index (χ1v) is 11.7. The van der Waals surface area contributed by atoms with Crippen molar-refractivity contribution in [3.63, 3.8) is 0 Å². The summed E-state index contributed by atoms with van der Waals surface area (Å²) in [6.45, 7) is 6.09. The minimum absolute atomic E-state index is 0.133. The van der Waals surface area contributed by atoms with Crippen LogP contribution in [-0.2, 0) is 25.5 Å². The molecule has 33 heavy (non-hydrogen) atoms. The van der Waals surface area contributed by atoms with Crippen LogP contribution >= 0.6 is 11.6 Å². The number of oxime groups is 1. The first-order valence-electron chi connectivity index (χ1n) is 11.3. The average molecular weight is 475 g/mol. The number of aryl methyl sites for hydroxylation is 2. The zero-order valence-corrected chi connectivity index (χ0v) is 20.0. The van der Waals surface area contributed by atoms with Crippen molar-refractivity contribution >= 4 is 29.2 Å². The van der Waals surface area contributed by atoms with E-state index in [-0.39, 0.29) is 18.9 Å². The van der Waals surface area contributed by atoms with Gasteiger partial charge in [0.15, 0.2) is 6.61 Å². The maximum atomic E-state index is 12.9. The van der Waals surface area contributed by atoms with Crippen LogP contribution in [0.4, 0.5) is 0 Å². The predicted molar refractivity (Wildman–Crippen MR) is 128 cm³/mol. The number of hydrogen-bond acceptors (Lipinski definition) is 6. The zero-order chi connectivity index (χ0) is 23.6. The molecular weight excluding hydrogens is 444 g/mol. The fourth-order valence-electron chi connectivity index (χ4n) is 3.81. The van der Waals surface area contributed by atoms with Gasteiger partial charge >= 0.3 is 5.97 Å². The second-order valence-corrected chi connectivity index (χ2v) is 8.46. The largest absolute Gasteiger partial charge is 0.462 e.